The molecule has 2 rings (SSSR count). The highest BCUT2D eigenvalue weighted by atomic mass is 35.5. The first-order valence-electron chi connectivity index (χ1n) is 7.27. The molecule has 1 atom stereocenters. The lowest BCUT2D eigenvalue weighted by Crippen LogP contribution is -2.45. The van der Waals surface area contributed by atoms with Gasteiger partial charge in [-0.15, -0.1) is 0 Å². The summed E-state index contributed by atoms with van der Waals surface area (Å²) in [7, 11) is 0. The Labute approximate surface area is 134 Å². The molecule has 1 aromatic rings. The largest absolute Gasteiger partial charge is 0.378 e. The quantitative estimate of drug-likeness (QED) is 0.668. The van der Waals surface area contributed by atoms with Gasteiger partial charge in [0.1, 0.15) is 0 Å². The monoisotopic (exact) mass is 325 g/mol. The number of morpholine rings is 1. The fourth-order valence-corrected chi connectivity index (χ4v) is 2.39. The van der Waals surface area contributed by atoms with E-state index in [1.54, 1.807) is 24.3 Å². The molecule has 1 aliphatic heterocycles. The molecule has 6 nitrogen and oxygen atoms in total. The van der Waals surface area contributed by atoms with Crippen molar-refractivity contribution in [1.82, 2.24) is 16.0 Å². The summed E-state index contributed by atoms with van der Waals surface area (Å²) in [6.45, 7) is 2.74. The molecule has 3 N–H and O–H groups in total. The van der Waals surface area contributed by atoms with Gasteiger partial charge in [0.15, 0.2) is 0 Å². The van der Waals surface area contributed by atoms with E-state index in [1.807, 2.05) is 0 Å². The standard InChI is InChI=1S/C15H20ClN3O3/c16-13-4-2-1-3-12(13)15(21)19-6-5-18-14(20)9-11-10-22-8-7-17-11/h1-4,11,17H,5-10H2,(H,18,20)(H,19,21)/t11-/m1/s1. The molecular formula is C15H20ClN3O3. The number of hydrogen-bond acceptors (Lipinski definition) is 4. The first-order valence-corrected chi connectivity index (χ1v) is 7.65. The van der Waals surface area contributed by atoms with Crippen molar-refractivity contribution in [1.29, 1.82) is 0 Å². The van der Waals surface area contributed by atoms with Crippen molar-refractivity contribution in [3.05, 3.63) is 34.9 Å². The normalized spacial score (nSPS) is 17.8. The Bertz CT molecular complexity index is 519. The third-order valence-electron chi connectivity index (χ3n) is 3.28. The van der Waals surface area contributed by atoms with Gasteiger partial charge >= 0.3 is 0 Å². The summed E-state index contributed by atoms with van der Waals surface area (Å²) in [5, 5.41) is 9.12. The molecule has 7 heteroatoms. The lowest BCUT2D eigenvalue weighted by molar-refractivity contribution is -0.122. The average Bonchev–Trinajstić information content (AvgIpc) is 2.53. The first kappa shape index (κ1) is 16.7. The third kappa shape index (κ3) is 5.29. The molecule has 120 valence electrons. The number of benzene rings is 1. The number of amides is 2. The summed E-state index contributed by atoms with van der Waals surface area (Å²) in [6, 6.07) is 6.90. The summed E-state index contributed by atoms with van der Waals surface area (Å²) in [4.78, 5) is 23.6. The molecule has 2 amide bonds. The number of ether oxygens (including phenoxy) is 1. The van der Waals surface area contributed by atoms with Crippen LogP contribution in [0.1, 0.15) is 16.8 Å². The fraction of sp³-hybridized carbons (Fsp3) is 0.467. The molecule has 1 saturated heterocycles. The molecule has 0 aliphatic carbocycles. The van der Waals surface area contributed by atoms with Gasteiger partial charge in [-0.3, -0.25) is 9.59 Å². The number of nitrogens with one attached hydrogen (secondary N) is 3. The van der Waals surface area contributed by atoms with Gasteiger partial charge in [-0.25, -0.2) is 0 Å². The molecule has 1 aliphatic rings. The Hall–Kier alpha value is -1.63. The molecule has 0 radical (unpaired) electrons. The summed E-state index contributed by atoms with van der Waals surface area (Å²) < 4.78 is 5.29. The lowest BCUT2D eigenvalue weighted by Gasteiger charge is -2.23. The molecule has 0 saturated carbocycles. The summed E-state index contributed by atoms with van der Waals surface area (Å²) in [5.41, 5.74) is 0.430. The van der Waals surface area contributed by atoms with Gasteiger partial charge in [-0.2, -0.15) is 0 Å². The zero-order valence-electron chi connectivity index (χ0n) is 12.2. The van der Waals surface area contributed by atoms with Gasteiger partial charge in [0.2, 0.25) is 5.91 Å². The summed E-state index contributed by atoms with van der Waals surface area (Å²) >= 11 is 5.94. The van der Waals surface area contributed by atoms with Crippen molar-refractivity contribution in [3.8, 4) is 0 Å². The molecule has 1 heterocycles. The number of carbonyl (C=O) groups is 2. The molecule has 1 aromatic carbocycles. The second-order valence-electron chi connectivity index (χ2n) is 5.02. The first-order chi connectivity index (χ1) is 10.7. The van der Waals surface area contributed by atoms with Gasteiger partial charge < -0.3 is 20.7 Å². The van der Waals surface area contributed by atoms with Crippen molar-refractivity contribution >= 4 is 23.4 Å². The van der Waals surface area contributed by atoms with E-state index in [0.29, 0.717) is 43.3 Å². The molecule has 0 unspecified atom stereocenters. The van der Waals surface area contributed by atoms with Gasteiger partial charge in [-0.1, -0.05) is 23.7 Å². The number of rotatable bonds is 6. The predicted molar refractivity (Wildman–Crippen MR) is 84.0 cm³/mol. The van der Waals surface area contributed by atoms with Crippen molar-refractivity contribution < 1.29 is 14.3 Å². The van der Waals surface area contributed by atoms with E-state index < -0.39 is 0 Å². The third-order valence-corrected chi connectivity index (χ3v) is 3.61. The molecule has 0 aromatic heterocycles. The van der Waals surface area contributed by atoms with Crippen LogP contribution in [0.15, 0.2) is 24.3 Å². The Morgan fingerprint density at radius 3 is 2.77 bits per heavy atom. The number of carbonyl (C=O) groups excluding carboxylic acids is 2. The highest BCUT2D eigenvalue weighted by Gasteiger charge is 2.16. The van der Waals surface area contributed by atoms with Crippen LogP contribution in [0.2, 0.25) is 5.02 Å². The Balaban J connectivity index is 1.63. The Kier molecular flexibility index (Phi) is 6.64. The van der Waals surface area contributed by atoms with Gasteiger partial charge in [-0.05, 0) is 12.1 Å². The average molecular weight is 326 g/mol. The molecule has 22 heavy (non-hydrogen) atoms. The zero-order chi connectivity index (χ0) is 15.8. The van der Waals surface area contributed by atoms with Crippen molar-refractivity contribution in [2.24, 2.45) is 0 Å². The van der Waals surface area contributed by atoms with E-state index in [1.165, 1.54) is 0 Å². The maximum Gasteiger partial charge on any atom is 0.252 e. The molecule has 1 fully saturated rings. The van der Waals surface area contributed by atoms with Gasteiger partial charge in [0.05, 0.1) is 23.8 Å². The van der Waals surface area contributed by atoms with Crippen LogP contribution in [0.4, 0.5) is 0 Å². The minimum atomic E-state index is -0.248. The number of hydrogen-bond donors (Lipinski definition) is 3. The van der Waals surface area contributed by atoms with Crippen LogP contribution in [0.5, 0.6) is 0 Å². The molecule has 0 spiro atoms. The SMILES string of the molecule is O=C(C[C@@H]1COCCN1)NCCNC(=O)c1ccccc1Cl. The minimum Gasteiger partial charge on any atom is -0.378 e. The molecular weight excluding hydrogens is 306 g/mol. The second-order valence-corrected chi connectivity index (χ2v) is 5.42. The van der Waals surface area contributed by atoms with Gasteiger partial charge in [0, 0.05) is 32.1 Å². The maximum atomic E-state index is 11.9. The van der Waals surface area contributed by atoms with Crippen LogP contribution in [0.3, 0.4) is 0 Å². The maximum absolute atomic E-state index is 11.9. The topological polar surface area (TPSA) is 79.5 Å². The van der Waals surface area contributed by atoms with Crippen molar-refractivity contribution in [2.75, 3.05) is 32.8 Å². The number of halogens is 1. The van der Waals surface area contributed by atoms with Crippen LogP contribution >= 0.6 is 11.6 Å². The van der Waals surface area contributed by atoms with Crippen LogP contribution in [-0.4, -0.2) is 50.7 Å². The summed E-state index contributed by atoms with van der Waals surface area (Å²) in [5.74, 6) is -0.308. The highest BCUT2D eigenvalue weighted by molar-refractivity contribution is 6.33. The second kappa shape index (κ2) is 8.73. The van der Waals surface area contributed by atoms with Crippen molar-refractivity contribution in [2.45, 2.75) is 12.5 Å². The lowest BCUT2D eigenvalue weighted by atomic mass is 10.2. The highest BCUT2D eigenvalue weighted by Crippen LogP contribution is 2.14. The Morgan fingerprint density at radius 1 is 1.27 bits per heavy atom. The summed E-state index contributed by atoms with van der Waals surface area (Å²) in [6.07, 6.45) is 0.373. The molecule has 0 bridgehead atoms. The van der Waals surface area contributed by atoms with E-state index in [9.17, 15) is 9.59 Å². The fourth-order valence-electron chi connectivity index (χ4n) is 2.17. The Morgan fingerprint density at radius 2 is 2.05 bits per heavy atom. The minimum absolute atomic E-state index is 0.0602. The van der Waals surface area contributed by atoms with E-state index >= 15 is 0 Å². The van der Waals surface area contributed by atoms with E-state index in [4.69, 9.17) is 16.3 Å². The van der Waals surface area contributed by atoms with Crippen molar-refractivity contribution in [3.63, 3.8) is 0 Å². The van der Waals surface area contributed by atoms with Crippen LogP contribution < -0.4 is 16.0 Å². The van der Waals surface area contributed by atoms with Crippen LogP contribution in [0, 0.1) is 0 Å². The zero-order valence-corrected chi connectivity index (χ0v) is 13.0. The predicted octanol–water partition coefficient (Wildman–Crippen LogP) is 0.565. The van der Waals surface area contributed by atoms with E-state index in [0.717, 1.165) is 6.54 Å². The van der Waals surface area contributed by atoms with E-state index in [2.05, 4.69) is 16.0 Å². The van der Waals surface area contributed by atoms with Gasteiger partial charge in [0.25, 0.3) is 5.91 Å². The van der Waals surface area contributed by atoms with E-state index in [-0.39, 0.29) is 17.9 Å². The van der Waals surface area contributed by atoms with Crippen LogP contribution in [-0.2, 0) is 9.53 Å². The van der Waals surface area contributed by atoms with Crippen LogP contribution in [0.25, 0.3) is 0 Å². The smallest absolute Gasteiger partial charge is 0.252 e.